The molecule has 0 heterocycles. The molecule has 0 spiro atoms. The van der Waals surface area contributed by atoms with Crippen molar-refractivity contribution >= 4 is 0 Å². The number of allylic oxidation sites excluding steroid dienone is 11. The first-order valence-electron chi connectivity index (χ1n) is 13.7. The molecular formula is C33H54O. The van der Waals surface area contributed by atoms with E-state index in [0.717, 1.165) is 57.8 Å². The van der Waals surface area contributed by atoms with E-state index in [4.69, 9.17) is 0 Å². The summed E-state index contributed by atoms with van der Waals surface area (Å²) in [7, 11) is 0. The molecular weight excluding hydrogens is 412 g/mol. The molecule has 0 aliphatic heterocycles. The maximum atomic E-state index is 9.85. The fraction of sp³-hybridized carbons (Fsp3) is 0.636. The van der Waals surface area contributed by atoms with Crippen molar-refractivity contribution in [2.75, 3.05) is 6.61 Å². The smallest absolute Gasteiger partial charge is 0.0462 e. The third-order valence-corrected chi connectivity index (χ3v) is 6.92. The highest BCUT2D eigenvalue weighted by atomic mass is 16.3. The molecule has 1 aliphatic carbocycles. The molecule has 1 rings (SSSR count). The van der Waals surface area contributed by atoms with Crippen LogP contribution in [-0.4, -0.2) is 11.7 Å². The summed E-state index contributed by atoms with van der Waals surface area (Å²) in [4.78, 5) is 0. The summed E-state index contributed by atoms with van der Waals surface area (Å²) in [5, 5.41) is 9.85. The van der Waals surface area contributed by atoms with Crippen LogP contribution in [0, 0.1) is 11.8 Å². The highest BCUT2D eigenvalue weighted by Gasteiger charge is 2.21. The summed E-state index contributed by atoms with van der Waals surface area (Å²) in [6.45, 7) is 17.9. The molecule has 0 amide bonds. The molecule has 34 heavy (non-hydrogen) atoms. The number of aliphatic hydroxyl groups is 1. The minimum absolute atomic E-state index is 0.323. The zero-order valence-electron chi connectivity index (χ0n) is 23.4. The summed E-state index contributed by atoms with van der Waals surface area (Å²) >= 11 is 0. The van der Waals surface area contributed by atoms with Crippen LogP contribution in [0.5, 0.6) is 0 Å². The predicted molar refractivity (Wildman–Crippen MR) is 153 cm³/mol. The molecule has 0 aromatic rings. The second kappa shape index (κ2) is 17.8. The van der Waals surface area contributed by atoms with Gasteiger partial charge < -0.3 is 5.11 Å². The van der Waals surface area contributed by atoms with Crippen LogP contribution < -0.4 is 0 Å². The summed E-state index contributed by atoms with van der Waals surface area (Å²) in [6.07, 6.45) is 25.6. The summed E-state index contributed by atoms with van der Waals surface area (Å²) in [6, 6.07) is 0. The lowest BCUT2D eigenvalue weighted by molar-refractivity contribution is 0.197. The Morgan fingerprint density at radius 3 is 1.94 bits per heavy atom. The van der Waals surface area contributed by atoms with E-state index in [2.05, 4.69) is 78.5 Å². The predicted octanol–water partition coefficient (Wildman–Crippen LogP) is 10.2. The van der Waals surface area contributed by atoms with Gasteiger partial charge in [0.15, 0.2) is 0 Å². The average molecular weight is 467 g/mol. The minimum Gasteiger partial charge on any atom is -0.396 e. The second-order valence-corrected chi connectivity index (χ2v) is 11.2. The third-order valence-electron chi connectivity index (χ3n) is 6.92. The Hall–Kier alpha value is -1.60. The highest BCUT2D eigenvalue weighted by molar-refractivity contribution is 5.13. The van der Waals surface area contributed by atoms with Gasteiger partial charge in [0.1, 0.15) is 0 Å². The lowest BCUT2D eigenvalue weighted by atomic mass is 9.79. The van der Waals surface area contributed by atoms with E-state index in [1.165, 1.54) is 47.1 Å². The molecule has 0 unspecified atom stereocenters. The summed E-state index contributed by atoms with van der Waals surface area (Å²) < 4.78 is 0. The van der Waals surface area contributed by atoms with E-state index < -0.39 is 0 Å². The first-order chi connectivity index (χ1) is 16.2. The normalized spacial score (nSPS) is 19.0. The molecule has 0 aromatic heterocycles. The van der Waals surface area contributed by atoms with Gasteiger partial charge >= 0.3 is 0 Å². The van der Waals surface area contributed by atoms with Gasteiger partial charge in [-0.15, -0.1) is 0 Å². The van der Waals surface area contributed by atoms with Crippen molar-refractivity contribution in [3.8, 4) is 0 Å². The van der Waals surface area contributed by atoms with Crippen LogP contribution in [0.25, 0.3) is 0 Å². The Morgan fingerprint density at radius 2 is 1.38 bits per heavy atom. The maximum Gasteiger partial charge on any atom is 0.0462 e. The molecule has 1 N–H and O–H groups in total. The number of hydrogen-bond donors (Lipinski definition) is 1. The maximum absolute atomic E-state index is 9.85. The Kier molecular flexibility index (Phi) is 15.9. The van der Waals surface area contributed by atoms with Crippen LogP contribution in [0.3, 0.4) is 0 Å². The van der Waals surface area contributed by atoms with E-state index >= 15 is 0 Å². The zero-order chi connectivity index (χ0) is 25.3. The van der Waals surface area contributed by atoms with Crippen LogP contribution in [0.15, 0.2) is 70.4 Å². The molecule has 0 saturated heterocycles. The Labute approximate surface area is 212 Å². The molecule has 0 saturated carbocycles. The first kappa shape index (κ1) is 30.4. The SMILES string of the molecule is C=C(CC/C=C(\C)CCC=C(C)C)CC[C@H]1C=C(CC/C=C(\C)CCC=C(C)C)C[C@@H](CO)C1. The van der Waals surface area contributed by atoms with Gasteiger partial charge in [0, 0.05) is 6.61 Å². The van der Waals surface area contributed by atoms with Crippen molar-refractivity contribution in [2.24, 2.45) is 11.8 Å². The quantitative estimate of drug-likeness (QED) is 0.224. The van der Waals surface area contributed by atoms with E-state index in [1.54, 1.807) is 5.57 Å². The van der Waals surface area contributed by atoms with Gasteiger partial charge in [-0.25, -0.2) is 0 Å². The lowest BCUT2D eigenvalue weighted by Gasteiger charge is -2.28. The molecule has 0 radical (unpaired) electrons. The average Bonchev–Trinajstić information content (AvgIpc) is 2.77. The summed E-state index contributed by atoms with van der Waals surface area (Å²) in [5.74, 6) is 1.04. The van der Waals surface area contributed by atoms with Crippen molar-refractivity contribution in [3.05, 3.63) is 70.4 Å². The topological polar surface area (TPSA) is 20.2 Å². The standard InChI is InChI=1S/C33H54O/c1-26(2)12-8-14-28(5)16-10-17-30(7)20-21-32-22-31(23-33(24-32)25-34)19-11-18-29(6)15-9-13-27(3)4/h12-13,16,18,22,32-34H,7-11,14-15,17,19-21,23-25H2,1-6H3/b28-16+,29-18+/t32-,33+/m0/s1. The fourth-order valence-electron chi connectivity index (χ4n) is 4.80. The number of hydrogen-bond acceptors (Lipinski definition) is 1. The minimum atomic E-state index is 0.323. The zero-order valence-corrected chi connectivity index (χ0v) is 23.4. The van der Waals surface area contributed by atoms with E-state index in [0.29, 0.717) is 18.4 Å². The fourth-order valence-corrected chi connectivity index (χ4v) is 4.80. The molecule has 1 nitrogen and oxygen atoms in total. The molecule has 192 valence electrons. The van der Waals surface area contributed by atoms with Crippen molar-refractivity contribution < 1.29 is 5.11 Å². The Bertz CT molecular complexity index is 747. The molecule has 1 aliphatic rings. The van der Waals surface area contributed by atoms with Crippen molar-refractivity contribution in [2.45, 2.75) is 119 Å². The largest absolute Gasteiger partial charge is 0.396 e. The van der Waals surface area contributed by atoms with Crippen molar-refractivity contribution in [3.63, 3.8) is 0 Å². The molecule has 1 heteroatoms. The van der Waals surface area contributed by atoms with Crippen LogP contribution in [-0.2, 0) is 0 Å². The van der Waals surface area contributed by atoms with Gasteiger partial charge in [0.05, 0.1) is 0 Å². The Balaban J connectivity index is 2.44. The summed E-state index contributed by atoms with van der Waals surface area (Å²) in [5.41, 5.74) is 8.75. The molecule has 2 atom stereocenters. The number of rotatable bonds is 16. The lowest BCUT2D eigenvalue weighted by Crippen LogP contribution is -2.18. The molecule has 0 bridgehead atoms. The molecule has 0 aromatic carbocycles. The van der Waals surface area contributed by atoms with Gasteiger partial charge in [-0.05, 0) is 130 Å². The second-order valence-electron chi connectivity index (χ2n) is 11.2. The van der Waals surface area contributed by atoms with Crippen molar-refractivity contribution in [1.82, 2.24) is 0 Å². The monoisotopic (exact) mass is 466 g/mol. The Morgan fingerprint density at radius 1 is 0.824 bits per heavy atom. The van der Waals surface area contributed by atoms with Crippen LogP contribution >= 0.6 is 0 Å². The van der Waals surface area contributed by atoms with E-state index in [9.17, 15) is 5.11 Å². The van der Waals surface area contributed by atoms with Crippen molar-refractivity contribution in [1.29, 1.82) is 0 Å². The van der Waals surface area contributed by atoms with Gasteiger partial charge in [0.2, 0.25) is 0 Å². The van der Waals surface area contributed by atoms with Gasteiger partial charge in [0.25, 0.3) is 0 Å². The molecule has 0 fully saturated rings. The third kappa shape index (κ3) is 15.3. The van der Waals surface area contributed by atoms with E-state index in [-0.39, 0.29) is 0 Å². The highest BCUT2D eigenvalue weighted by Crippen LogP contribution is 2.34. The number of aliphatic hydroxyl groups excluding tert-OH is 1. The van der Waals surface area contributed by atoms with E-state index in [1.807, 2.05) is 0 Å². The first-order valence-corrected chi connectivity index (χ1v) is 13.7. The van der Waals surface area contributed by atoms with Crippen LogP contribution in [0.2, 0.25) is 0 Å². The van der Waals surface area contributed by atoms with Gasteiger partial charge in [-0.3, -0.25) is 0 Å². The van der Waals surface area contributed by atoms with Crippen LogP contribution in [0.4, 0.5) is 0 Å². The van der Waals surface area contributed by atoms with Gasteiger partial charge in [-0.1, -0.05) is 70.4 Å². The van der Waals surface area contributed by atoms with Crippen LogP contribution in [0.1, 0.15) is 119 Å². The van der Waals surface area contributed by atoms with Gasteiger partial charge in [-0.2, -0.15) is 0 Å².